The number of fused-ring (bicyclic) bond motifs is 2. The zero-order valence-electron chi connectivity index (χ0n) is 19.0. The molecule has 4 aromatic rings. The van der Waals surface area contributed by atoms with E-state index in [1.165, 1.54) is 18.2 Å². The number of benzene rings is 4. The molecule has 18 heteroatoms. The van der Waals surface area contributed by atoms with Gasteiger partial charge < -0.3 is 15.9 Å². The van der Waals surface area contributed by atoms with Gasteiger partial charge in [-0.1, -0.05) is 0 Å². The predicted molar refractivity (Wildman–Crippen MR) is 126 cm³/mol. The third kappa shape index (κ3) is 5.91. The van der Waals surface area contributed by atoms with E-state index < -0.39 is 68.9 Å². The summed E-state index contributed by atoms with van der Waals surface area (Å²) in [6.07, 6.45) is 0. The average Bonchev–Trinajstić information content (AvgIpc) is 2.77. The first-order valence-electron chi connectivity index (χ1n) is 9.54. The summed E-state index contributed by atoms with van der Waals surface area (Å²) in [5.41, 5.74) is 4.18. The van der Waals surface area contributed by atoms with Gasteiger partial charge in [0.05, 0.1) is 4.92 Å². The molecule has 0 aromatic heterocycles. The summed E-state index contributed by atoms with van der Waals surface area (Å²) in [4.78, 5) is 8.62. The second-order valence-corrected chi connectivity index (χ2v) is 10.2. The summed E-state index contributed by atoms with van der Waals surface area (Å²) >= 11 is 0. The molecule has 6 N–H and O–H groups in total. The number of hydrogen-bond acceptors (Lipinski definition) is 11. The van der Waals surface area contributed by atoms with Crippen molar-refractivity contribution in [2.45, 2.75) is 9.79 Å². The molecule has 0 unspecified atom stereocenters. The molecule has 4 aromatic carbocycles. The van der Waals surface area contributed by atoms with Gasteiger partial charge in [-0.15, -0.1) is 10.2 Å². The molecule has 0 fully saturated rings. The first-order chi connectivity index (χ1) is 16.7. The molecule has 0 heterocycles. The number of azo groups is 1. The maximum absolute atomic E-state index is 12.0. The molecule has 38 heavy (non-hydrogen) atoms. The second-order valence-electron chi connectivity index (χ2n) is 7.43. The number of phenolic OH excluding ortho intramolecular Hbond substituents is 2. The van der Waals surface area contributed by atoms with Gasteiger partial charge in [-0.2, -0.15) is 16.8 Å². The summed E-state index contributed by atoms with van der Waals surface area (Å²) in [6.45, 7) is 0. The standard InChI is InChI=1S/C20H14N4O10S2.Cr.Na/c21-10-1-3-12-9(5-10)6-17(36(32,33)34)19(20(12)26)23-22-18-13-4-2-11(24(27)28)7-14(13)16(8-15(18)25)35(29,30)31;;/h1-8,25-26H,21H2,(H,29,30,31)(H,32,33,34);;/q;;+1. The van der Waals surface area contributed by atoms with Crippen LogP contribution in [0.25, 0.3) is 21.5 Å². The van der Waals surface area contributed by atoms with Gasteiger partial charge in [-0.25, -0.2) is 0 Å². The normalized spacial score (nSPS) is 11.8. The smallest absolute Gasteiger partial charge is 0.506 e. The van der Waals surface area contributed by atoms with Gasteiger partial charge in [0.1, 0.15) is 26.9 Å². The van der Waals surface area contributed by atoms with Crippen LogP contribution in [0.15, 0.2) is 68.6 Å². The zero-order chi connectivity index (χ0) is 26.6. The van der Waals surface area contributed by atoms with Crippen molar-refractivity contribution in [1.29, 1.82) is 0 Å². The minimum atomic E-state index is -4.96. The maximum atomic E-state index is 12.0. The Morgan fingerprint density at radius 2 is 1.37 bits per heavy atom. The Morgan fingerprint density at radius 1 is 0.789 bits per heavy atom. The van der Waals surface area contributed by atoms with Gasteiger partial charge in [0, 0.05) is 57.4 Å². The summed E-state index contributed by atoms with van der Waals surface area (Å²) < 4.78 is 66.8. The van der Waals surface area contributed by atoms with Crippen LogP contribution in [0.2, 0.25) is 0 Å². The minimum Gasteiger partial charge on any atom is -0.506 e. The zero-order valence-corrected chi connectivity index (χ0v) is 23.9. The fourth-order valence-corrected chi connectivity index (χ4v) is 4.91. The van der Waals surface area contributed by atoms with Gasteiger partial charge >= 0.3 is 29.6 Å². The van der Waals surface area contributed by atoms with Crippen molar-refractivity contribution >= 4 is 64.5 Å². The second kappa shape index (κ2) is 11.1. The summed E-state index contributed by atoms with van der Waals surface area (Å²) in [7, 11) is -9.92. The Labute approximate surface area is 246 Å². The number of nitrogen functional groups attached to an aromatic ring is 1. The van der Waals surface area contributed by atoms with E-state index in [2.05, 4.69) is 10.2 Å². The summed E-state index contributed by atoms with van der Waals surface area (Å²) in [6, 6.07) is 8.48. The van der Waals surface area contributed by atoms with Crippen LogP contribution in [-0.4, -0.2) is 41.1 Å². The Hall–Kier alpha value is -2.85. The molecule has 14 nitrogen and oxygen atoms in total. The molecule has 0 radical (unpaired) electrons. The van der Waals surface area contributed by atoms with E-state index in [-0.39, 0.29) is 68.8 Å². The number of non-ortho nitro benzene ring substituents is 1. The van der Waals surface area contributed by atoms with Gasteiger partial charge in [0.25, 0.3) is 25.9 Å². The summed E-state index contributed by atoms with van der Waals surface area (Å²) in [5.74, 6) is -1.56. The van der Waals surface area contributed by atoms with Crippen LogP contribution in [0, 0.1) is 10.1 Å². The molecule has 0 aliphatic rings. The van der Waals surface area contributed by atoms with Crippen LogP contribution in [0.3, 0.4) is 0 Å². The largest absolute Gasteiger partial charge is 1.00 e. The first kappa shape index (κ1) is 31.4. The quantitative estimate of drug-likeness (QED) is 0.0529. The molecule has 0 atom stereocenters. The first-order valence-corrected chi connectivity index (χ1v) is 12.4. The number of nitrogens with zero attached hydrogens (tertiary/aromatic N) is 3. The molecular weight excluding hydrogens is 595 g/mol. The monoisotopic (exact) mass is 609 g/mol. The SMILES string of the molecule is Nc1ccc2c(O)c(N=Nc3c(O)cc(S(=O)(=O)O)c4cc([N+](=O)[O-])ccc34)c(S(=O)(=O)O)cc2c1.[Cr].[Na+]. The van der Waals surface area contributed by atoms with E-state index in [9.17, 15) is 46.3 Å². The number of rotatable bonds is 5. The molecule has 192 valence electrons. The Kier molecular flexibility index (Phi) is 9.16. The molecule has 0 saturated carbocycles. The van der Waals surface area contributed by atoms with Crippen LogP contribution in [0.4, 0.5) is 22.7 Å². The summed E-state index contributed by atoms with van der Waals surface area (Å²) in [5, 5.41) is 39.3. The Balaban J connectivity index is 0.00000253. The van der Waals surface area contributed by atoms with Crippen molar-refractivity contribution in [3.05, 3.63) is 58.6 Å². The van der Waals surface area contributed by atoms with Gasteiger partial charge in [-0.05, 0) is 35.7 Å². The van der Waals surface area contributed by atoms with Crippen LogP contribution in [0.5, 0.6) is 11.5 Å². The van der Waals surface area contributed by atoms with Crippen LogP contribution >= 0.6 is 0 Å². The van der Waals surface area contributed by atoms with Crippen LogP contribution < -0.4 is 35.3 Å². The number of aromatic hydroxyl groups is 2. The molecule has 0 aliphatic carbocycles. The van der Waals surface area contributed by atoms with Crippen molar-refractivity contribution in [3.63, 3.8) is 0 Å². The van der Waals surface area contributed by atoms with E-state index in [1.54, 1.807) is 0 Å². The third-order valence-electron chi connectivity index (χ3n) is 5.13. The number of nitro groups is 1. The molecule has 0 amide bonds. The Morgan fingerprint density at radius 3 is 1.95 bits per heavy atom. The number of anilines is 1. The van der Waals surface area contributed by atoms with Crippen molar-refractivity contribution < 1.29 is 88.0 Å². The molecule has 0 bridgehead atoms. The van der Waals surface area contributed by atoms with Gasteiger partial charge in [0.15, 0.2) is 5.75 Å². The minimum absolute atomic E-state index is 0. The topological polar surface area (TPSA) is 243 Å². The van der Waals surface area contributed by atoms with Crippen molar-refractivity contribution in [1.82, 2.24) is 0 Å². The fourth-order valence-electron chi connectivity index (χ4n) is 3.55. The van der Waals surface area contributed by atoms with E-state index in [1.807, 2.05) is 0 Å². The van der Waals surface area contributed by atoms with Gasteiger partial charge in [-0.3, -0.25) is 19.2 Å². The Bertz CT molecular complexity index is 1870. The van der Waals surface area contributed by atoms with Crippen molar-refractivity contribution in [2.75, 3.05) is 5.73 Å². The molecular formula is C20H14CrN4NaO10S2+. The van der Waals surface area contributed by atoms with E-state index in [0.29, 0.717) is 6.07 Å². The molecule has 0 aliphatic heterocycles. The number of nitro benzene ring substituents is 1. The molecule has 0 spiro atoms. The van der Waals surface area contributed by atoms with Crippen molar-refractivity contribution in [2.24, 2.45) is 10.2 Å². The van der Waals surface area contributed by atoms with Gasteiger partial charge in [0.2, 0.25) is 0 Å². The fraction of sp³-hybridized carbons (Fsp3) is 0. The van der Waals surface area contributed by atoms with Crippen LogP contribution in [0.1, 0.15) is 0 Å². The number of nitrogens with two attached hydrogens (primary N) is 1. The molecule has 4 rings (SSSR count). The van der Waals surface area contributed by atoms with Crippen molar-refractivity contribution in [3.8, 4) is 11.5 Å². The third-order valence-corrected chi connectivity index (χ3v) is 6.89. The van der Waals surface area contributed by atoms with Crippen LogP contribution in [-0.2, 0) is 37.6 Å². The van der Waals surface area contributed by atoms with E-state index in [0.717, 1.165) is 24.3 Å². The van der Waals surface area contributed by atoms with E-state index in [4.69, 9.17) is 5.73 Å². The molecule has 0 saturated heterocycles. The average molecular weight is 609 g/mol. The predicted octanol–water partition coefficient (Wildman–Crippen LogP) is 0.805. The number of phenols is 2. The maximum Gasteiger partial charge on any atom is 1.00 e. The number of hydrogen-bond donors (Lipinski definition) is 5. The van der Waals surface area contributed by atoms with E-state index >= 15 is 0 Å².